The number of piperidine rings is 1. The predicted molar refractivity (Wildman–Crippen MR) is 156 cm³/mol. The zero-order valence-corrected chi connectivity index (χ0v) is 23.4. The van der Waals surface area contributed by atoms with Crippen molar-refractivity contribution in [2.45, 2.75) is 51.7 Å². The maximum absolute atomic E-state index is 15.3. The van der Waals surface area contributed by atoms with E-state index in [0.29, 0.717) is 40.7 Å². The van der Waals surface area contributed by atoms with Gasteiger partial charge in [-0.2, -0.15) is 4.98 Å². The van der Waals surface area contributed by atoms with E-state index in [1.807, 2.05) is 36.6 Å². The number of pyridine rings is 1. The number of aromatic nitrogens is 3. The van der Waals surface area contributed by atoms with Crippen LogP contribution in [-0.2, 0) is 5.60 Å². The zero-order valence-electron chi connectivity index (χ0n) is 22.5. The van der Waals surface area contributed by atoms with Gasteiger partial charge in [-0.15, -0.1) is 11.3 Å². The fraction of sp³-hybridized carbons (Fsp3) is 0.414. The van der Waals surface area contributed by atoms with Crippen LogP contribution in [0.25, 0.3) is 10.2 Å². The fourth-order valence-corrected chi connectivity index (χ4v) is 6.27. The molecule has 1 aromatic carbocycles. The summed E-state index contributed by atoms with van der Waals surface area (Å²) in [5.41, 5.74) is 1.78. The van der Waals surface area contributed by atoms with Crippen molar-refractivity contribution in [3.63, 3.8) is 0 Å². The average Bonchev–Trinajstić information content (AvgIpc) is 3.24. The lowest BCUT2D eigenvalue weighted by Gasteiger charge is -2.43. The van der Waals surface area contributed by atoms with E-state index in [1.54, 1.807) is 19.9 Å². The second-order valence-electron chi connectivity index (χ2n) is 11.0. The molecule has 6 rings (SSSR count). The van der Waals surface area contributed by atoms with Crippen LogP contribution < -0.4 is 15.5 Å². The number of thiophene rings is 1. The van der Waals surface area contributed by atoms with Crippen molar-refractivity contribution < 1.29 is 9.50 Å². The molecule has 39 heavy (non-hydrogen) atoms. The first kappa shape index (κ1) is 25.9. The summed E-state index contributed by atoms with van der Waals surface area (Å²) >= 11 is 1.53. The van der Waals surface area contributed by atoms with Crippen molar-refractivity contribution in [3.05, 3.63) is 58.9 Å². The van der Waals surface area contributed by atoms with E-state index in [0.717, 1.165) is 41.7 Å². The van der Waals surface area contributed by atoms with Crippen LogP contribution in [0.4, 0.5) is 33.3 Å². The van der Waals surface area contributed by atoms with Gasteiger partial charge in [0, 0.05) is 24.8 Å². The molecule has 2 aliphatic rings. The summed E-state index contributed by atoms with van der Waals surface area (Å²) in [5, 5.41) is 19.8. The Kier molecular flexibility index (Phi) is 6.86. The van der Waals surface area contributed by atoms with Gasteiger partial charge in [0.15, 0.2) is 0 Å². The van der Waals surface area contributed by atoms with Crippen molar-refractivity contribution in [2.75, 3.05) is 41.7 Å². The third-order valence-electron chi connectivity index (χ3n) is 7.66. The maximum Gasteiger partial charge on any atom is 0.230 e. The number of rotatable bonds is 7. The van der Waals surface area contributed by atoms with Gasteiger partial charge in [0.05, 0.1) is 16.8 Å². The van der Waals surface area contributed by atoms with Crippen LogP contribution in [0.2, 0.25) is 0 Å². The first-order valence-corrected chi connectivity index (χ1v) is 14.4. The first-order chi connectivity index (χ1) is 18.7. The number of aryl methyl sites for hydroxylation is 1. The second-order valence-corrected chi connectivity index (χ2v) is 11.8. The number of hydrogen-bond acceptors (Lipinski definition) is 9. The molecule has 3 aromatic heterocycles. The van der Waals surface area contributed by atoms with Crippen LogP contribution >= 0.6 is 11.3 Å². The lowest BCUT2D eigenvalue weighted by molar-refractivity contribution is 0.0740. The highest BCUT2D eigenvalue weighted by Crippen LogP contribution is 2.34. The minimum absolute atomic E-state index is 0.249. The number of likely N-dealkylation sites (tertiary alicyclic amines) is 1. The number of aliphatic hydroxyl groups is 1. The minimum Gasteiger partial charge on any atom is -0.384 e. The van der Waals surface area contributed by atoms with Gasteiger partial charge in [-0.1, -0.05) is 6.07 Å². The largest absolute Gasteiger partial charge is 0.384 e. The van der Waals surface area contributed by atoms with Gasteiger partial charge in [-0.3, -0.25) is 0 Å². The molecule has 0 bridgehead atoms. The molecule has 8 nitrogen and oxygen atoms in total. The number of anilines is 5. The highest BCUT2D eigenvalue weighted by atomic mass is 32.1. The monoisotopic (exact) mass is 547 g/mol. The van der Waals surface area contributed by atoms with Crippen LogP contribution in [-0.4, -0.2) is 57.2 Å². The summed E-state index contributed by atoms with van der Waals surface area (Å²) < 4.78 is 15.3. The zero-order chi connectivity index (χ0) is 27.1. The Morgan fingerprint density at radius 3 is 2.51 bits per heavy atom. The highest BCUT2D eigenvalue weighted by molar-refractivity contribution is 7.17. The number of benzene rings is 1. The van der Waals surface area contributed by atoms with E-state index < -0.39 is 5.60 Å². The van der Waals surface area contributed by atoms with Crippen LogP contribution in [0.1, 0.15) is 44.4 Å². The van der Waals surface area contributed by atoms with Crippen molar-refractivity contribution in [1.29, 1.82) is 0 Å². The van der Waals surface area contributed by atoms with Gasteiger partial charge in [-0.25, -0.2) is 14.4 Å². The molecule has 10 heteroatoms. The van der Waals surface area contributed by atoms with Crippen molar-refractivity contribution in [1.82, 2.24) is 19.9 Å². The van der Waals surface area contributed by atoms with E-state index in [-0.39, 0.29) is 5.82 Å². The Morgan fingerprint density at radius 1 is 1.03 bits per heavy atom. The second kappa shape index (κ2) is 10.3. The van der Waals surface area contributed by atoms with Gasteiger partial charge < -0.3 is 25.5 Å². The molecular weight excluding hydrogens is 513 g/mol. The Labute approximate surface area is 231 Å². The van der Waals surface area contributed by atoms with Crippen molar-refractivity contribution in [2.24, 2.45) is 0 Å². The summed E-state index contributed by atoms with van der Waals surface area (Å²) in [7, 11) is 0. The van der Waals surface area contributed by atoms with Crippen LogP contribution in [0.15, 0.2) is 41.8 Å². The molecule has 0 amide bonds. The number of halogens is 1. The van der Waals surface area contributed by atoms with Crippen LogP contribution in [0, 0.1) is 12.7 Å². The Balaban J connectivity index is 1.22. The molecule has 2 aliphatic heterocycles. The third-order valence-corrected chi connectivity index (χ3v) is 8.65. The van der Waals surface area contributed by atoms with E-state index >= 15 is 4.39 Å². The summed E-state index contributed by atoms with van der Waals surface area (Å²) in [5.74, 6) is 1.29. The average molecular weight is 548 g/mol. The summed E-state index contributed by atoms with van der Waals surface area (Å²) in [6, 6.07) is 11.4. The minimum atomic E-state index is -1.07. The topological polar surface area (TPSA) is 89.4 Å². The number of fused-ring (bicyclic) bond motifs is 1. The van der Waals surface area contributed by atoms with Gasteiger partial charge in [0.2, 0.25) is 5.95 Å². The summed E-state index contributed by atoms with van der Waals surface area (Å²) in [6.45, 7) is 9.58. The highest BCUT2D eigenvalue weighted by Gasteiger charge is 2.28. The van der Waals surface area contributed by atoms with Crippen LogP contribution in [0.5, 0.6) is 0 Å². The molecule has 0 unspecified atom stereocenters. The van der Waals surface area contributed by atoms with E-state index in [2.05, 4.69) is 30.4 Å². The molecule has 0 radical (unpaired) electrons. The molecule has 204 valence electrons. The fourth-order valence-electron chi connectivity index (χ4n) is 5.34. The van der Waals surface area contributed by atoms with Gasteiger partial charge in [0.1, 0.15) is 27.9 Å². The van der Waals surface area contributed by atoms with Gasteiger partial charge >= 0.3 is 0 Å². The molecule has 3 N–H and O–H groups in total. The van der Waals surface area contributed by atoms with Gasteiger partial charge in [-0.05, 0) is 94.4 Å². The van der Waals surface area contributed by atoms with Crippen LogP contribution in [0.3, 0.4) is 0 Å². The maximum atomic E-state index is 15.3. The molecule has 4 aromatic rings. The summed E-state index contributed by atoms with van der Waals surface area (Å²) in [6.07, 6.45) is 3.46. The van der Waals surface area contributed by atoms with E-state index in [1.165, 1.54) is 36.9 Å². The normalized spacial score (nSPS) is 16.9. The molecular formula is C29H34FN7OS. The smallest absolute Gasteiger partial charge is 0.230 e. The van der Waals surface area contributed by atoms with E-state index in [4.69, 9.17) is 4.98 Å². The quantitative estimate of drug-likeness (QED) is 0.263. The standard InChI is InChI=1S/C29H34FN7OS/c1-18-17-39-27-25(18)26(33-24-7-4-6-23(32-24)29(2,3)38)34-28(35-27)31-19-8-9-22(21(30)16-19)37-14-10-20(11-15-37)36-12-5-13-36/h4,6-9,16-17,20,38H,5,10-15H2,1-3H3,(H2,31,32,33,34,35). The summed E-state index contributed by atoms with van der Waals surface area (Å²) in [4.78, 5) is 19.5. The van der Waals surface area contributed by atoms with Gasteiger partial charge in [0.25, 0.3) is 0 Å². The molecule has 0 atom stereocenters. The first-order valence-electron chi connectivity index (χ1n) is 13.5. The number of nitrogens with zero attached hydrogens (tertiary/aromatic N) is 5. The molecule has 2 fully saturated rings. The van der Waals surface area contributed by atoms with E-state index in [9.17, 15) is 5.11 Å². The molecule has 0 saturated carbocycles. The SMILES string of the molecule is Cc1csc2nc(Nc3ccc(N4CCC(N5CCC5)CC4)c(F)c3)nc(Nc3cccc(C(C)(C)O)n3)c12. The molecule has 0 aliphatic carbocycles. The lowest BCUT2D eigenvalue weighted by atomic mass is 9.99. The third kappa shape index (κ3) is 5.41. The predicted octanol–water partition coefficient (Wildman–Crippen LogP) is 5.92. The Morgan fingerprint density at radius 2 is 1.82 bits per heavy atom. The Bertz CT molecular complexity index is 1490. The number of hydrogen-bond donors (Lipinski definition) is 3. The Hall–Kier alpha value is -3.34. The molecule has 0 spiro atoms. The van der Waals surface area contributed by atoms with Crippen molar-refractivity contribution >= 4 is 50.5 Å². The lowest BCUT2D eigenvalue weighted by Crippen LogP contribution is -2.50. The molecule has 5 heterocycles. The number of nitrogens with one attached hydrogen (secondary N) is 2. The van der Waals surface area contributed by atoms with Crippen molar-refractivity contribution in [3.8, 4) is 0 Å². The molecule has 2 saturated heterocycles.